The minimum atomic E-state index is -0.683. The third-order valence-corrected chi connectivity index (χ3v) is 6.23. The second kappa shape index (κ2) is 9.65. The predicted octanol–water partition coefficient (Wildman–Crippen LogP) is 6.15. The highest BCUT2D eigenvalue weighted by molar-refractivity contribution is 6.01. The normalized spacial score (nSPS) is 15.7. The third kappa shape index (κ3) is 4.33. The van der Waals surface area contributed by atoms with Gasteiger partial charge in [-0.2, -0.15) is 4.98 Å². The summed E-state index contributed by atoms with van der Waals surface area (Å²) in [5.41, 5.74) is 4.30. The molecule has 4 aromatic rings. The molecule has 182 valence electrons. The first kappa shape index (κ1) is 23.3. The summed E-state index contributed by atoms with van der Waals surface area (Å²) in [6.07, 6.45) is 0.832. The maximum Gasteiger partial charge on any atom is 0.326 e. The van der Waals surface area contributed by atoms with Crippen LogP contribution in [0.3, 0.4) is 0 Å². The molecule has 0 bridgehead atoms. The van der Waals surface area contributed by atoms with Gasteiger partial charge in [0.1, 0.15) is 11.6 Å². The van der Waals surface area contributed by atoms with Crippen LogP contribution in [0.25, 0.3) is 17.0 Å². The van der Waals surface area contributed by atoms with Gasteiger partial charge in [0.25, 0.3) is 5.89 Å². The van der Waals surface area contributed by atoms with Crippen molar-refractivity contribution in [2.45, 2.75) is 26.3 Å². The number of amides is 2. The summed E-state index contributed by atoms with van der Waals surface area (Å²) in [6.45, 7) is 3.89. The van der Waals surface area contributed by atoms with Crippen LogP contribution >= 0.6 is 0 Å². The van der Waals surface area contributed by atoms with E-state index in [9.17, 15) is 9.18 Å². The number of anilines is 1. The Hall–Kier alpha value is -4.46. The lowest BCUT2D eigenvalue weighted by Crippen LogP contribution is -2.46. The van der Waals surface area contributed by atoms with Crippen LogP contribution in [0.5, 0.6) is 5.75 Å². The molecule has 1 atom stereocenters. The number of nitrogens with zero attached hydrogens (tertiary/aromatic N) is 3. The molecule has 7 nitrogen and oxygen atoms in total. The van der Waals surface area contributed by atoms with Gasteiger partial charge in [-0.1, -0.05) is 48.5 Å². The van der Waals surface area contributed by atoms with Gasteiger partial charge in [-0.25, -0.2) is 9.18 Å². The zero-order valence-corrected chi connectivity index (χ0v) is 20.2. The molecule has 0 radical (unpaired) electrons. The first-order chi connectivity index (χ1) is 17.5. The maximum atomic E-state index is 14.2. The van der Waals surface area contributed by atoms with Gasteiger partial charge in [-0.05, 0) is 60.9 Å². The van der Waals surface area contributed by atoms with E-state index in [4.69, 9.17) is 9.26 Å². The summed E-state index contributed by atoms with van der Waals surface area (Å²) in [4.78, 5) is 19.6. The van der Waals surface area contributed by atoms with Gasteiger partial charge in [0.15, 0.2) is 0 Å². The molecule has 2 heterocycles. The van der Waals surface area contributed by atoms with Crippen LogP contribution in [0.15, 0.2) is 83.0 Å². The summed E-state index contributed by atoms with van der Waals surface area (Å²) in [5, 5.41) is 7.19. The summed E-state index contributed by atoms with van der Waals surface area (Å²) in [6, 6.07) is 20.2. The van der Waals surface area contributed by atoms with Gasteiger partial charge in [0.05, 0.1) is 24.4 Å². The molecule has 0 fully saturated rings. The van der Waals surface area contributed by atoms with E-state index >= 15 is 0 Å². The topological polar surface area (TPSA) is 80.5 Å². The molecule has 0 saturated heterocycles. The fourth-order valence-corrected chi connectivity index (χ4v) is 4.39. The van der Waals surface area contributed by atoms with Crippen LogP contribution < -0.4 is 15.0 Å². The highest BCUT2D eigenvalue weighted by atomic mass is 19.1. The summed E-state index contributed by atoms with van der Waals surface area (Å²) in [5.74, 6) is 0.869. The van der Waals surface area contributed by atoms with Crippen LogP contribution in [0.2, 0.25) is 0 Å². The van der Waals surface area contributed by atoms with Gasteiger partial charge in [0.2, 0.25) is 5.82 Å². The Morgan fingerprint density at radius 3 is 2.67 bits per heavy atom. The monoisotopic (exact) mass is 484 g/mol. The number of urea groups is 1. The van der Waals surface area contributed by atoms with E-state index in [1.54, 1.807) is 24.1 Å². The smallest absolute Gasteiger partial charge is 0.326 e. The number of allylic oxidation sites excluding steroid dienone is 1. The van der Waals surface area contributed by atoms with Crippen molar-refractivity contribution in [3.05, 3.63) is 101 Å². The molecule has 8 heteroatoms. The van der Waals surface area contributed by atoms with Crippen molar-refractivity contribution in [3.8, 4) is 17.1 Å². The van der Waals surface area contributed by atoms with Crippen LogP contribution in [0, 0.1) is 5.82 Å². The van der Waals surface area contributed by atoms with E-state index in [0.717, 1.165) is 17.5 Å². The highest BCUT2D eigenvalue weighted by Gasteiger charge is 2.36. The number of hydrogen-bond donors (Lipinski definition) is 1. The van der Waals surface area contributed by atoms with Crippen LogP contribution in [-0.2, 0) is 6.42 Å². The SMILES string of the molecule is CCc1cccc(N2C(=O)NC(c3cccc(F)c3)C(c3nc(-c4cccc(OC)c4)no3)=C2C)c1. The number of carbonyl (C=O) groups excluding carboxylic acids is 1. The molecule has 1 unspecified atom stereocenters. The Balaban J connectivity index is 1.66. The van der Waals surface area contributed by atoms with Gasteiger partial charge >= 0.3 is 6.03 Å². The van der Waals surface area contributed by atoms with Crippen molar-refractivity contribution < 1.29 is 18.4 Å². The number of halogens is 1. The van der Waals surface area contributed by atoms with E-state index in [1.165, 1.54) is 12.1 Å². The van der Waals surface area contributed by atoms with Gasteiger partial charge in [-0.3, -0.25) is 4.90 Å². The van der Waals surface area contributed by atoms with Gasteiger partial charge in [-0.15, -0.1) is 0 Å². The molecule has 3 aromatic carbocycles. The average molecular weight is 485 g/mol. The fraction of sp³-hybridized carbons (Fsp3) is 0.179. The Bertz CT molecular complexity index is 1460. The molecule has 0 saturated carbocycles. The number of rotatable bonds is 6. The van der Waals surface area contributed by atoms with E-state index < -0.39 is 11.9 Å². The number of aryl methyl sites for hydroxylation is 1. The third-order valence-electron chi connectivity index (χ3n) is 6.23. The average Bonchev–Trinajstić information content (AvgIpc) is 3.38. The quantitative estimate of drug-likeness (QED) is 0.355. The lowest BCUT2D eigenvalue weighted by Gasteiger charge is -2.35. The van der Waals surface area contributed by atoms with Crippen molar-refractivity contribution in [2.75, 3.05) is 12.0 Å². The standard InChI is InChI=1S/C28H25FN4O3/c1-4-18-8-5-12-22(14-18)33-17(2)24(25(30-28(33)34)19-9-6-11-21(29)15-19)27-31-26(32-36-27)20-10-7-13-23(16-20)35-3/h5-16,25H,4H2,1-3H3,(H,30,34). The Kier molecular flexibility index (Phi) is 6.25. The molecular formula is C28H25FN4O3. The number of methoxy groups -OCH3 is 1. The molecule has 2 amide bonds. The fourth-order valence-electron chi connectivity index (χ4n) is 4.39. The molecule has 1 aliphatic rings. The molecule has 1 aromatic heterocycles. The Labute approximate surface area is 208 Å². The lowest BCUT2D eigenvalue weighted by atomic mass is 9.94. The van der Waals surface area contributed by atoms with Crippen molar-refractivity contribution in [1.82, 2.24) is 15.5 Å². The number of ether oxygens (including phenoxy) is 1. The zero-order valence-electron chi connectivity index (χ0n) is 20.2. The molecule has 0 spiro atoms. The highest BCUT2D eigenvalue weighted by Crippen LogP contribution is 2.39. The van der Waals surface area contributed by atoms with Crippen molar-refractivity contribution in [2.24, 2.45) is 0 Å². The van der Waals surface area contributed by atoms with E-state index in [0.29, 0.717) is 34.1 Å². The maximum absolute atomic E-state index is 14.2. The number of aromatic nitrogens is 2. The van der Waals surface area contributed by atoms with Crippen LogP contribution in [-0.4, -0.2) is 23.3 Å². The van der Waals surface area contributed by atoms with E-state index in [1.807, 2.05) is 55.5 Å². The Morgan fingerprint density at radius 1 is 1.08 bits per heavy atom. The zero-order chi connectivity index (χ0) is 25.2. The number of nitrogens with one attached hydrogen (secondary N) is 1. The number of carbonyl (C=O) groups is 1. The second-order valence-electron chi connectivity index (χ2n) is 8.45. The summed E-state index contributed by atoms with van der Waals surface area (Å²) < 4.78 is 25.2. The van der Waals surface area contributed by atoms with Crippen LogP contribution in [0.4, 0.5) is 14.9 Å². The van der Waals surface area contributed by atoms with Gasteiger partial charge in [0, 0.05) is 11.3 Å². The molecule has 1 aliphatic heterocycles. The number of hydrogen-bond acceptors (Lipinski definition) is 5. The van der Waals surface area contributed by atoms with Crippen molar-refractivity contribution in [1.29, 1.82) is 0 Å². The minimum absolute atomic E-state index is 0.233. The molecular weight excluding hydrogens is 459 g/mol. The largest absolute Gasteiger partial charge is 0.497 e. The van der Waals surface area contributed by atoms with Crippen molar-refractivity contribution >= 4 is 17.3 Å². The first-order valence-electron chi connectivity index (χ1n) is 11.6. The first-order valence-corrected chi connectivity index (χ1v) is 11.6. The molecule has 5 rings (SSSR count). The van der Waals surface area contributed by atoms with E-state index in [2.05, 4.69) is 22.4 Å². The molecule has 0 aliphatic carbocycles. The van der Waals surface area contributed by atoms with E-state index in [-0.39, 0.29) is 11.9 Å². The van der Waals surface area contributed by atoms with Crippen LogP contribution in [0.1, 0.15) is 36.9 Å². The number of benzene rings is 3. The lowest BCUT2D eigenvalue weighted by molar-refractivity contribution is 0.244. The van der Waals surface area contributed by atoms with Gasteiger partial charge < -0.3 is 14.6 Å². The minimum Gasteiger partial charge on any atom is -0.497 e. The van der Waals surface area contributed by atoms with Crippen molar-refractivity contribution in [3.63, 3.8) is 0 Å². The summed E-state index contributed by atoms with van der Waals surface area (Å²) in [7, 11) is 1.59. The molecule has 1 N–H and O–H groups in total. The second-order valence-corrected chi connectivity index (χ2v) is 8.45. The molecule has 36 heavy (non-hydrogen) atoms. The Morgan fingerprint density at radius 2 is 1.89 bits per heavy atom. The summed E-state index contributed by atoms with van der Waals surface area (Å²) >= 11 is 0. The predicted molar refractivity (Wildman–Crippen MR) is 135 cm³/mol.